The van der Waals surface area contributed by atoms with Crippen LogP contribution >= 0.6 is 0 Å². The predicted octanol–water partition coefficient (Wildman–Crippen LogP) is 1.99. The first-order valence-corrected chi connectivity index (χ1v) is 5.06. The first kappa shape index (κ1) is 10.5. The fourth-order valence-electron chi connectivity index (χ4n) is 1.66. The van der Waals surface area contributed by atoms with Crippen molar-refractivity contribution in [3.63, 3.8) is 0 Å². The van der Waals surface area contributed by atoms with Gasteiger partial charge in [0.1, 0.15) is 11.6 Å². The summed E-state index contributed by atoms with van der Waals surface area (Å²) >= 11 is 0. The number of aromatic nitrogens is 2. The molecule has 0 saturated carbocycles. The Morgan fingerprint density at radius 3 is 2.56 bits per heavy atom. The number of hydrogen-bond acceptors (Lipinski definition) is 3. The van der Waals surface area contributed by atoms with Crippen LogP contribution in [0.4, 0.5) is 5.82 Å². The highest BCUT2D eigenvalue weighted by atomic mass is 16.5. The lowest BCUT2D eigenvalue weighted by Gasteiger charge is -2.05. The van der Waals surface area contributed by atoms with Crippen LogP contribution in [0.1, 0.15) is 5.56 Å². The molecule has 1 aromatic heterocycles. The Morgan fingerprint density at radius 2 is 2.06 bits per heavy atom. The molecule has 0 fully saturated rings. The molecule has 0 spiro atoms. The number of benzene rings is 1. The van der Waals surface area contributed by atoms with Gasteiger partial charge in [0.05, 0.1) is 12.8 Å². The molecule has 4 heteroatoms. The average Bonchev–Trinajstić information content (AvgIpc) is 2.58. The molecule has 16 heavy (non-hydrogen) atoms. The van der Waals surface area contributed by atoms with Gasteiger partial charge in [-0.25, -0.2) is 0 Å². The number of nitrogens with two attached hydrogens (primary N) is 1. The Hall–Kier alpha value is -1.97. The third kappa shape index (κ3) is 1.74. The molecular weight excluding hydrogens is 202 g/mol. The maximum atomic E-state index is 5.76. The van der Waals surface area contributed by atoms with Crippen molar-refractivity contribution in [2.24, 2.45) is 7.05 Å². The maximum absolute atomic E-state index is 5.76. The fourth-order valence-corrected chi connectivity index (χ4v) is 1.66. The molecule has 0 atom stereocenters. The number of methoxy groups -OCH3 is 1. The fraction of sp³-hybridized carbons (Fsp3) is 0.250. The Morgan fingerprint density at radius 1 is 1.31 bits per heavy atom. The van der Waals surface area contributed by atoms with Gasteiger partial charge < -0.3 is 10.5 Å². The van der Waals surface area contributed by atoms with Gasteiger partial charge in [0, 0.05) is 18.7 Å². The molecule has 84 valence electrons. The second-order valence-corrected chi connectivity index (χ2v) is 3.76. The third-order valence-electron chi connectivity index (χ3n) is 2.63. The van der Waals surface area contributed by atoms with E-state index in [-0.39, 0.29) is 0 Å². The minimum Gasteiger partial charge on any atom is -0.497 e. The van der Waals surface area contributed by atoms with E-state index < -0.39 is 0 Å². The molecule has 0 saturated heterocycles. The molecule has 0 amide bonds. The van der Waals surface area contributed by atoms with E-state index in [4.69, 9.17) is 10.5 Å². The van der Waals surface area contributed by atoms with Crippen molar-refractivity contribution in [3.8, 4) is 17.0 Å². The number of rotatable bonds is 2. The van der Waals surface area contributed by atoms with E-state index in [0.717, 1.165) is 22.6 Å². The molecule has 0 radical (unpaired) electrons. The molecule has 4 nitrogen and oxygen atoms in total. The summed E-state index contributed by atoms with van der Waals surface area (Å²) in [6.45, 7) is 2.03. The van der Waals surface area contributed by atoms with Crippen molar-refractivity contribution >= 4 is 5.82 Å². The second-order valence-electron chi connectivity index (χ2n) is 3.76. The largest absolute Gasteiger partial charge is 0.497 e. The number of hydrogen-bond donors (Lipinski definition) is 1. The van der Waals surface area contributed by atoms with Crippen molar-refractivity contribution in [1.29, 1.82) is 0 Å². The van der Waals surface area contributed by atoms with E-state index in [2.05, 4.69) is 5.10 Å². The summed E-state index contributed by atoms with van der Waals surface area (Å²) in [5, 5.41) is 4.35. The summed E-state index contributed by atoms with van der Waals surface area (Å²) in [6.07, 6.45) is 0. The van der Waals surface area contributed by atoms with Crippen LogP contribution in [0.2, 0.25) is 0 Å². The number of nitrogens with zero attached hydrogens (tertiary/aromatic N) is 2. The van der Waals surface area contributed by atoms with Gasteiger partial charge in [-0.3, -0.25) is 4.68 Å². The maximum Gasteiger partial charge on any atom is 0.121 e. The molecule has 0 aliphatic carbocycles. The van der Waals surface area contributed by atoms with Crippen LogP contribution in [0.5, 0.6) is 5.75 Å². The quantitative estimate of drug-likeness (QED) is 0.836. The van der Waals surface area contributed by atoms with Crippen LogP contribution < -0.4 is 10.5 Å². The van der Waals surface area contributed by atoms with Crippen LogP contribution in [0.15, 0.2) is 24.3 Å². The number of ether oxygens (including phenoxy) is 1. The normalized spacial score (nSPS) is 10.4. The van der Waals surface area contributed by atoms with Gasteiger partial charge in [0.2, 0.25) is 0 Å². The minimum absolute atomic E-state index is 0.658. The first-order chi connectivity index (χ1) is 7.61. The van der Waals surface area contributed by atoms with Gasteiger partial charge in [-0.1, -0.05) is 0 Å². The Balaban J connectivity index is 2.48. The second kappa shape index (κ2) is 3.89. The van der Waals surface area contributed by atoms with Crippen molar-refractivity contribution in [3.05, 3.63) is 29.8 Å². The van der Waals surface area contributed by atoms with Gasteiger partial charge in [0.15, 0.2) is 0 Å². The van der Waals surface area contributed by atoms with E-state index in [1.807, 2.05) is 38.2 Å². The molecular formula is C12H15N3O. The van der Waals surface area contributed by atoms with Gasteiger partial charge in [-0.2, -0.15) is 5.10 Å². The monoisotopic (exact) mass is 217 g/mol. The number of nitrogen functional groups attached to an aromatic ring is 1. The minimum atomic E-state index is 0.658. The first-order valence-electron chi connectivity index (χ1n) is 5.06. The zero-order chi connectivity index (χ0) is 11.7. The van der Waals surface area contributed by atoms with Crippen LogP contribution in [0.25, 0.3) is 11.3 Å². The SMILES string of the molecule is COc1ccc(-c2cc(N)n(C)n2)c(C)c1. The average molecular weight is 217 g/mol. The van der Waals surface area contributed by atoms with Gasteiger partial charge in [-0.05, 0) is 30.7 Å². The van der Waals surface area contributed by atoms with Crippen molar-refractivity contribution in [2.45, 2.75) is 6.92 Å². The highest BCUT2D eigenvalue weighted by Crippen LogP contribution is 2.26. The lowest BCUT2D eigenvalue weighted by Crippen LogP contribution is -1.96. The summed E-state index contributed by atoms with van der Waals surface area (Å²) in [5.74, 6) is 1.51. The lowest BCUT2D eigenvalue weighted by molar-refractivity contribution is 0.414. The molecule has 0 aliphatic heterocycles. The van der Waals surface area contributed by atoms with Crippen LogP contribution in [-0.2, 0) is 7.05 Å². The van der Waals surface area contributed by atoms with E-state index in [0.29, 0.717) is 5.82 Å². The smallest absolute Gasteiger partial charge is 0.121 e. The van der Waals surface area contributed by atoms with Crippen molar-refractivity contribution < 1.29 is 4.74 Å². The molecule has 0 unspecified atom stereocenters. The van der Waals surface area contributed by atoms with Gasteiger partial charge in [-0.15, -0.1) is 0 Å². The molecule has 0 aliphatic rings. The lowest BCUT2D eigenvalue weighted by atomic mass is 10.1. The summed E-state index contributed by atoms with van der Waals surface area (Å²) in [7, 11) is 3.49. The third-order valence-corrected chi connectivity index (χ3v) is 2.63. The van der Waals surface area contributed by atoms with Crippen molar-refractivity contribution in [1.82, 2.24) is 9.78 Å². The molecule has 1 aromatic carbocycles. The summed E-state index contributed by atoms with van der Waals surface area (Å²) < 4.78 is 6.83. The van der Waals surface area contributed by atoms with Crippen molar-refractivity contribution in [2.75, 3.05) is 12.8 Å². The summed E-state index contributed by atoms with van der Waals surface area (Å²) in [5.41, 5.74) is 8.85. The van der Waals surface area contributed by atoms with Crippen LogP contribution in [0, 0.1) is 6.92 Å². The van der Waals surface area contributed by atoms with E-state index in [1.165, 1.54) is 0 Å². The van der Waals surface area contributed by atoms with Crippen LogP contribution in [-0.4, -0.2) is 16.9 Å². The standard InChI is InChI=1S/C12H15N3O/c1-8-6-9(16-3)4-5-10(8)11-7-12(13)15(2)14-11/h4-7H,13H2,1-3H3. The van der Waals surface area contributed by atoms with Gasteiger partial charge >= 0.3 is 0 Å². The number of anilines is 1. The Kier molecular flexibility index (Phi) is 2.56. The molecule has 0 bridgehead atoms. The zero-order valence-electron chi connectivity index (χ0n) is 9.69. The number of aryl methyl sites for hydroxylation is 2. The topological polar surface area (TPSA) is 53.1 Å². The zero-order valence-corrected chi connectivity index (χ0v) is 9.69. The molecule has 1 heterocycles. The predicted molar refractivity (Wildman–Crippen MR) is 64.3 cm³/mol. The Labute approximate surface area is 94.6 Å². The van der Waals surface area contributed by atoms with E-state index in [1.54, 1.807) is 11.8 Å². The van der Waals surface area contributed by atoms with Gasteiger partial charge in [0.25, 0.3) is 0 Å². The Bertz CT molecular complexity index is 497. The van der Waals surface area contributed by atoms with E-state index >= 15 is 0 Å². The molecule has 2 N–H and O–H groups in total. The summed E-state index contributed by atoms with van der Waals surface area (Å²) in [4.78, 5) is 0. The van der Waals surface area contributed by atoms with Crippen LogP contribution in [0.3, 0.4) is 0 Å². The molecule has 2 aromatic rings. The summed E-state index contributed by atoms with van der Waals surface area (Å²) in [6, 6.07) is 7.78. The molecule has 2 rings (SSSR count). The highest BCUT2D eigenvalue weighted by molar-refractivity contribution is 5.66. The highest BCUT2D eigenvalue weighted by Gasteiger charge is 2.08. The van der Waals surface area contributed by atoms with E-state index in [9.17, 15) is 0 Å².